The molecule has 6 heteroatoms. The number of nitrogens with one attached hydrogen (secondary N) is 1. The first-order valence-electron chi connectivity index (χ1n) is 7.78. The molecule has 2 aromatic carbocycles. The minimum atomic E-state index is -0.174. The van der Waals surface area contributed by atoms with E-state index < -0.39 is 0 Å². The Morgan fingerprint density at radius 2 is 1.92 bits per heavy atom. The second kappa shape index (κ2) is 7.30. The van der Waals surface area contributed by atoms with Crippen molar-refractivity contribution in [2.75, 3.05) is 5.32 Å². The molecule has 0 atom stereocenters. The normalized spacial score (nSPS) is 10.7. The molecule has 0 radical (unpaired) electrons. The topological polar surface area (TPSA) is 46.9 Å². The number of nitrogens with zero attached hydrogens (tertiary/aromatic N) is 2. The fourth-order valence-corrected chi connectivity index (χ4v) is 3.06. The molecule has 25 heavy (non-hydrogen) atoms. The van der Waals surface area contributed by atoms with Gasteiger partial charge in [0.15, 0.2) is 5.82 Å². The summed E-state index contributed by atoms with van der Waals surface area (Å²) in [7, 11) is 0. The van der Waals surface area contributed by atoms with Crippen molar-refractivity contribution in [3.63, 3.8) is 0 Å². The summed E-state index contributed by atoms with van der Waals surface area (Å²) in [5, 5.41) is 8.38. The number of hydrogen-bond donors (Lipinski definition) is 1. The van der Waals surface area contributed by atoms with Gasteiger partial charge in [-0.1, -0.05) is 47.0 Å². The van der Waals surface area contributed by atoms with E-state index in [1.807, 2.05) is 38.1 Å². The number of rotatable bonds is 4. The molecule has 128 valence electrons. The highest BCUT2D eigenvalue weighted by Crippen LogP contribution is 2.22. The number of carbonyl (C=O) groups is 1. The Labute approximate surface area is 156 Å². The maximum absolute atomic E-state index is 12.4. The molecule has 0 aliphatic rings. The zero-order valence-corrected chi connectivity index (χ0v) is 15.4. The van der Waals surface area contributed by atoms with Crippen LogP contribution in [0.25, 0.3) is 0 Å². The Balaban J connectivity index is 1.72. The van der Waals surface area contributed by atoms with Crippen LogP contribution >= 0.6 is 23.2 Å². The number of anilines is 1. The molecule has 0 saturated carbocycles. The van der Waals surface area contributed by atoms with Crippen LogP contribution in [-0.4, -0.2) is 15.7 Å². The van der Waals surface area contributed by atoms with Gasteiger partial charge in [-0.3, -0.25) is 9.48 Å². The van der Waals surface area contributed by atoms with Gasteiger partial charge in [-0.05, 0) is 43.2 Å². The molecule has 0 fully saturated rings. The van der Waals surface area contributed by atoms with Crippen molar-refractivity contribution >= 4 is 34.9 Å². The second-order valence-corrected chi connectivity index (χ2v) is 6.75. The molecule has 3 rings (SSSR count). The summed E-state index contributed by atoms with van der Waals surface area (Å²) < 4.78 is 1.72. The van der Waals surface area contributed by atoms with Crippen LogP contribution < -0.4 is 5.32 Å². The molecular weight excluding hydrogens is 357 g/mol. The van der Waals surface area contributed by atoms with Crippen LogP contribution in [-0.2, 0) is 6.54 Å². The molecule has 0 bridgehead atoms. The van der Waals surface area contributed by atoms with Crippen molar-refractivity contribution in [2.24, 2.45) is 0 Å². The molecule has 1 N–H and O–H groups in total. The number of aromatic nitrogens is 2. The van der Waals surface area contributed by atoms with Gasteiger partial charge in [0, 0.05) is 27.9 Å². The summed E-state index contributed by atoms with van der Waals surface area (Å²) in [6, 6.07) is 12.8. The predicted octanol–water partition coefficient (Wildman–Crippen LogP) is 5.11. The Bertz CT molecular complexity index is 934. The lowest BCUT2D eigenvalue weighted by atomic mass is 10.1. The lowest BCUT2D eigenvalue weighted by Gasteiger charge is -2.07. The van der Waals surface area contributed by atoms with E-state index in [0.29, 0.717) is 28.0 Å². The van der Waals surface area contributed by atoms with Crippen molar-refractivity contribution < 1.29 is 4.79 Å². The average Bonchev–Trinajstić information content (AvgIpc) is 2.97. The zero-order valence-electron chi connectivity index (χ0n) is 13.9. The van der Waals surface area contributed by atoms with Gasteiger partial charge in [-0.2, -0.15) is 5.10 Å². The monoisotopic (exact) mass is 373 g/mol. The smallest absolute Gasteiger partial charge is 0.257 e. The fraction of sp³-hybridized carbons (Fsp3) is 0.158. The minimum Gasteiger partial charge on any atom is -0.305 e. The molecule has 1 amide bonds. The zero-order chi connectivity index (χ0) is 18.0. The quantitative estimate of drug-likeness (QED) is 0.690. The van der Waals surface area contributed by atoms with Gasteiger partial charge in [0.25, 0.3) is 5.91 Å². The Morgan fingerprint density at radius 3 is 2.64 bits per heavy atom. The van der Waals surface area contributed by atoms with Crippen molar-refractivity contribution in [1.29, 1.82) is 0 Å². The molecule has 1 heterocycles. The number of halogens is 2. The molecule has 4 nitrogen and oxygen atoms in total. The first kappa shape index (κ1) is 17.5. The maximum atomic E-state index is 12.4. The minimum absolute atomic E-state index is 0.174. The summed E-state index contributed by atoms with van der Waals surface area (Å²) in [5.41, 5.74) is 3.60. The summed E-state index contributed by atoms with van der Waals surface area (Å²) in [6.07, 6.45) is 1.79. The van der Waals surface area contributed by atoms with E-state index in [1.165, 1.54) is 0 Å². The van der Waals surface area contributed by atoms with Crippen LogP contribution in [0.2, 0.25) is 10.0 Å². The van der Waals surface area contributed by atoms with E-state index in [0.717, 1.165) is 16.7 Å². The number of amides is 1. The Kier molecular flexibility index (Phi) is 5.11. The first-order valence-corrected chi connectivity index (χ1v) is 8.54. The van der Waals surface area contributed by atoms with E-state index >= 15 is 0 Å². The Hall–Kier alpha value is -2.30. The largest absolute Gasteiger partial charge is 0.305 e. The second-order valence-electron chi connectivity index (χ2n) is 5.91. The SMILES string of the molecule is Cc1ccc(C(=O)Nc2ccn(Cc3ccc(Cl)cc3Cl)n2)c(C)c1. The van der Waals surface area contributed by atoms with Crippen molar-refractivity contribution in [2.45, 2.75) is 20.4 Å². The van der Waals surface area contributed by atoms with E-state index in [-0.39, 0.29) is 5.91 Å². The van der Waals surface area contributed by atoms with E-state index in [1.54, 1.807) is 29.1 Å². The molecule has 0 saturated heterocycles. The number of benzene rings is 2. The Morgan fingerprint density at radius 1 is 1.12 bits per heavy atom. The molecule has 0 unspecified atom stereocenters. The van der Waals surface area contributed by atoms with Crippen molar-refractivity contribution in [1.82, 2.24) is 9.78 Å². The van der Waals surface area contributed by atoms with Gasteiger partial charge >= 0.3 is 0 Å². The third-order valence-corrected chi connectivity index (χ3v) is 4.44. The summed E-state index contributed by atoms with van der Waals surface area (Å²) in [6.45, 7) is 4.41. The molecular formula is C19H17Cl2N3O. The van der Waals surface area contributed by atoms with Crippen LogP contribution in [0, 0.1) is 13.8 Å². The summed E-state index contributed by atoms with van der Waals surface area (Å²) in [5.74, 6) is 0.322. The van der Waals surface area contributed by atoms with E-state index in [9.17, 15) is 4.79 Å². The molecule has 0 aliphatic carbocycles. The van der Waals surface area contributed by atoms with Crippen molar-refractivity contribution in [3.05, 3.63) is 81.0 Å². The summed E-state index contributed by atoms with van der Waals surface area (Å²) >= 11 is 12.1. The highest BCUT2D eigenvalue weighted by atomic mass is 35.5. The molecule has 1 aromatic heterocycles. The van der Waals surface area contributed by atoms with Gasteiger partial charge in [0.1, 0.15) is 0 Å². The molecule has 0 spiro atoms. The average molecular weight is 374 g/mol. The third kappa shape index (κ3) is 4.21. The van der Waals surface area contributed by atoms with Crippen LogP contribution in [0.1, 0.15) is 27.0 Å². The van der Waals surface area contributed by atoms with E-state index in [2.05, 4.69) is 10.4 Å². The summed E-state index contributed by atoms with van der Waals surface area (Å²) in [4.78, 5) is 12.4. The van der Waals surface area contributed by atoms with E-state index in [4.69, 9.17) is 23.2 Å². The lowest BCUT2D eigenvalue weighted by molar-refractivity contribution is 0.102. The van der Waals surface area contributed by atoms with Crippen molar-refractivity contribution in [3.8, 4) is 0 Å². The molecule has 3 aromatic rings. The first-order chi connectivity index (χ1) is 11.9. The van der Waals surface area contributed by atoms with Crippen LogP contribution in [0.15, 0.2) is 48.7 Å². The molecule has 0 aliphatic heterocycles. The van der Waals surface area contributed by atoms with Gasteiger partial charge < -0.3 is 5.32 Å². The van der Waals surface area contributed by atoms with Gasteiger partial charge in [-0.25, -0.2) is 0 Å². The number of hydrogen-bond acceptors (Lipinski definition) is 2. The van der Waals surface area contributed by atoms with Gasteiger partial charge in [0.2, 0.25) is 0 Å². The fourth-order valence-electron chi connectivity index (χ4n) is 2.59. The van der Waals surface area contributed by atoms with Crippen LogP contribution in [0.4, 0.5) is 5.82 Å². The van der Waals surface area contributed by atoms with Gasteiger partial charge in [-0.15, -0.1) is 0 Å². The third-order valence-electron chi connectivity index (χ3n) is 3.86. The predicted molar refractivity (Wildman–Crippen MR) is 102 cm³/mol. The standard InChI is InChI=1S/C19H17Cl2N3O/c1-12-3-6-16(13(2)9-12)19(25)22-18-7-8-24(23-18)11-14-4-5-15(20)10-17(14)21/h3-10H,11H2,1-2H3,(H,22,23,25). The van der Waals surface area contributed by atoms with Gasteiger partial charge in [0.05, 0.1) is 6.54 Å². The van der Waals surface area contributed by atoms with Crippen LogP contribution in [0.5, 0.6) is 0 Å². The van der Waals surface area contributed by atoms with Crippen LogP contribution in [0.3, 0.4) is 0 Å². The highest BCUT2D eigenvalue weighted by Gasteiger charge is 2.11. The maximum Gasteiger partial charge on any atom is 0.257 e. The highest BCUT2D eigenvalue weighted by molar-refractivity contribution is 6.35. The lowest BCUT2D eigenvalue weighted by Crippen LogP contribution is -2.14. The number of aryl methyl sites for hydroxylation is 2. The number of carbonyl (C=O) groups excluding carboxylic acids is 1.